The molecular formula is C22H20F2N6O2S. The fourth-order valence-corrected chi connectivity index (χ4v) is 5.97. The summed E-state index contributed by atoms with van der Waals surface area (Å²) in [5, 5.41) is 12.3. The number of anilines is 2. The normalized spacial score (nSPS) is 19.4. The van der Waals surface area contributed by atoms with Gasteiger partial charge in [-0.3, -0.25) is 9.89 Å². The standard InChI is InChI=1S/C22H20F2N6O2S/c1-32-16-6-14-12(7-27-29-14)4-15(16)28-19-18-13-3-2-11(21(31)30-8-22(23,24)9-30)5-17(13)33-20(18)26-10-25-19/h4,6-7,10-11H,2-3,5,8-9H2,1H3,(H,27,29)(H,25,26,28)/t11-/m0/s1. The SMILES string of the molecule is COc1cc2[nH]ncc2cc1Nc1ncnc2sc3c(c12)CC[C@H](C(=O)N1CC(F)(F)C1)C3. The van der Waals surface area contributed by atoms with E-state index in [1.54, 1.807) is 24.6 Å². The van der Waals surface area contributed by atoms with Crippen molar-refractivity contribution in [3.63, 3.8) is 0 Å². The van der Waals surface area contributed by atoms with Crippen molar-refractivity contribution in [2.24, 2.45) is 5.92 Å². The molecular weight excluding hydrogens is 450 g/mol. The Balaban J connectivity index is 1.32. The average molecular weight is 471 g/mol. The van der Waals surface area contributed by atoms with Gasteiger partial charge in [0.15, 0.2) is 0 Å². The molecule has 3 aromatic heterocycles. The van der Waals surface area contributed by atoms with Gasteiger partial charge in [0.05, 0.1) is 43.0 Å². The minimum absolute atomic E-state index is 0.174. The molecule has 8 nitrogen and oxygen atoms in total. The Morgan fingerprint density at radius 2 is 2.18 bits per heavy atom. The van der Waals surface area contributed by atoms with Crippen molar-refractivity contribution < 1.29 is 18.3 Å². The summed E-state index contributed by atoms with van der Waals surface area (Å²) in [6.45, 7) is -0.937. The fraction of sp³-hybridized carbons (Fsp3) is 0.364. The molecule has 1 amide bonds. The van der Waals surface area contributed by atoms with E-state index in [1.165, 1.54) is 11.2 Å². The Bertz CT molecular complexity index is 1390. The molecule has 0 saturated carbocycles. The lowest BCUT2D eigenvalue weighted by molar-refractivity contribution is -0.169. The highest BCUT2D eigenvalue weighted by Crippen LogP contribution is 2.42. The van der Waals surface area contributed by atoms with Crippen molar-refractivity contribution in [3.05, 3.63) is 35.1 Å². The van der Waals surface area contributed by atoms with Crippen LogP contribution in [0, 0.1) is 5.92 Å². The van der Waals surface area contributed by atoms with Crippen LogP contribution >= 0.6 is 11.3 Å². The molecule has 170 valence electrons. The van der Waals surface area contributed by atoms with E-state index in [2.05, 4.69) is 25.5 Å². The Labute approximate surface area is 191 Å². The van der Waals surface area contributed by atoms with Crippen molar-refractivity contribution in [1.29, 1.82) is 0 Å². The fourth-order valence-electron chi connectivity index (χ4n) is 4.71. The number of carbonyl (C=O) groups is 1. The number of aromatic amines is 1. The van der Waals surface area contributed by atoms with Crippen LogP contribution in [0.5, 0.6) is 5.75 Å². The van der Waals surface area contributed by atoms with E-state index in [-0.39, 0.29) is 11.8 Å². The van der Waals surface area contributed by atoms with E-state index in [1.807, 2.05) is 12.1 Å². The predicted molar refractivity (Wildman–Crippen MR) is 120 cm³/mol. The summed E-state index contributed by atoms with van der Waals surface area (Å²) in [5.41, 5.74) is 2.75. The lowest BCUT2D eigenvalue weighted by Gasteiger charge is -2.41. The molecule has 1 aromatic carbocycles. The van der Waals surface area contributed by atoms with E-state index in [4.69, 9.17) is 4.74 Å². The molecule has 0 unspecified atom stereocenters. The highest BCUT2D eigenvalue weighted by Gasteiger charge is 2.48. The first-order chi connectivity index (χ1) is 15.9. The summed E-state index contributed by atoms with van der Waals surface area (Å²) in [6.07, 6.45) is 5.10. The Morgan fingerprint density at radius 1 is 1.33 bits per heavy atom. The molecule has 2 N–H and O–H groups in total. The Hall–Kier alpha value is -3.34. The van der Waals surface area contributed by atoms with Crippen molar-refractivity contribution in [2.75, 3.05) is 25.5 Å². The number of benzene rings is 1. The number of ether oxygens (including phenoxy) is 1. The zero-order valence-electron chi connectivity index (χ0n) is 17.7. The number of methoxy groups -OCH3 is 1. The van der Waals surface area contributed by atoms with E-state index in [0.29, 0.717) is 30.8 Å². The maximum absolute atomic E-state index is 13.2. The minimum atomic E-state index is -2.75. The van der Waals surface area contributed by atoms with Crippen molar-refractivity contribution in [3.8, 4) is 5.75 Å². The summed E-state index contributed by atoms with van der Waals surface area (Å²) in [6, 6.07) is 3.82. The number of nitrogens with one attached hydrogen (secondary N) is 2. The zero-order valence-corrected chi connectivity index (χ0v) is 18.5. The Kier molecular flexibility index (Phi) is 4.51. The molecule has 1 aliphatic carbocycles. The highest BCUT2D eigenvalue weighted by molar-refractivity contribution is 7.19. The number of likely N-dealkylation sites (tertiary alicyclic amines) is 1. The molecule has 1 saturated heterocycles. The van der Waals surface area contributed by atoms with Gasteiger partial charge in [0.2, 0.25) is 5.91 Å². The largest absolute Gasteiger partial charge is 0.494 e. The smallest absolute Gasteiger partial charge is 0.282 e. The quantitative estimate of drug-likeness (QED) is 0.470. The maximum atomic E-state index is 13.2. The number of fused-ring (bicyclic) bond motifs is 4. The van der Waals surface area contributed by atoms with Crippen molar-refractivity contribution in [1.82, 2.24) is 25.1 Å². The number of hydrogen-bond donors (Lipinski definition) is 2. The topological polar surface area (TPSA) is 96.0 Å². The van der Waals surface area contributed by atoms with Crippen LogP contribution in [0.1, 0.15) is 16.9 Å². The molecule has 4 heterocycles. The second kappa shape index (κ2) is 7.34. The predicted octanol–water partition coefficient (Wildman–Crippen LogP) is 3.90. The highest BCUT2D eigenvalue weighted by atomic mass is 32.1. The number of aromatic nitrogens is 4. The Morgan fingerprint density at radius 3 is 2.97 bits per heavy atom. The van der Waals surface area contributed by atoms with Crippen LogP contribution in [-0.2, 0) is 17.6 Å². The number of rotatable bonds is 4. The van der Waals surface area contributed by atoms with Crippen LogP contribution < -0.4 is 10.1 Å². The third-order valence-corrected chi connectivity index (χ3v) is 7.53. The summed E-state index contributed by atoms with van der Waals surface area (Å²) in [7, 11) is 1.61. The second-order valence-corrected chi connectivity index (χ2v) is 9.61. The van der Waals surface area contributed by atoms with Crippen LogP contribution in [0.4, 0.5) is 20.3 Å². The minimum Gasteiger partial charge on any atom is -0.494 e. The van der Waals surface area contributed by atoms with Gasteiger partial charge in [0.1, 0.15) is 22.7 Å². The van der Waals surface area contributed by atoms with Gasteiger partial charge >= 0.3 is 0 Å². The average Bonchev–Trinajstić information content (AvgIpc) is 3.39. The van der Waals surface area contributed by atoms with Gasteiger partial charge in [-0.15, -0.1) is 11.3 Å². The number of halogens is 2. The van der Waals surface area contributed by atoms with Crippen LogP contribution in [0.2, 0.25) is 0 Å². The van der Waals surface area contributed by atoms with Gasteiger partial charge in [-0.25, -0.2) is 18.7 Å². The van der Waals surface area contributed by atoms with Gasteiger partial charge in [0, 0.05) is 22.2 Å². The number of H-pyrrole nitrogens is 1. The third-order valence-electron chi connectivity index (χ3n) is 6.36. The first-order valence-electron chi connectivity index (χ1n) is 10.6. The van der Waals surface area contributed by atoms with E-state index in [9.17, 15) is 13.6 Å². The molecule has 0 spiro atoms. The molecule has 1 aliphatic heterocycles. The number of carbonyl (C=O) groups excluding carboxylic acids is 1. The first-order valence-corrected chi connectivity index (χ1v) is 11.4. The number of alkyl halides is 2. The van der Waals surface area contributed by atoms with Gasteiger partial charge in [-0.2, -0.15) is 5.10 Å². The van der Waals surface area contributed by atoms with Crippen molar-refractivity contribution in [2.45, 2.75) is 25.2 Å². The van der Waals surface area contributed by atoms with Crippen LogP contribution in [0.15, 0.2) is 24.7 Å². The zero-order chi connectivity index (χ0) is 22.7. The molecule has 1 atom stereocenters. The molecule has 33 heavy (non-hydrogen) atoms. The molecule has 1 fully saturated rings. The van der Waals surface area contributed by atoms with E-state index < -0.39 is 19.0 Å². The summed E-state index contributed by atoms with van der Waals surface area (Å²) in [4.78, 5) is 24.8. The number of amides is 1. The van der Waals surface area contributed by atoms with Gasteiger partial charge < -0.3 is 15.0 Å². The molecule has 6 rings (SSSR count). The maximum Gasteiger partial charge on any atom is 0.282 e. The van der Waals surface area contributed by atoms with E-state index >= 15 is 0 Å². The number of hydrogen-bond acceptors (Lipinski definition) is 7. The monoisotopic (exact) mass is 470 g/mol. The van der Waals surface area contributed by atoms with Crippen molar-refractivity contribution >= 4 is 49.9 Å². The molecule has 0 radical (unpaired) electrons. The lowest BCUT2D eigenvalue weighted by Crippen LogP contribution is -2.60. The van der Waals surface area contributed by atoms with E-state index in [0.717, 1.165) is 37.2 Å². The summed E-state index contributed by atoms with van der Waals surface area (Å²) >= 11 is 1.54. The molecule has 11 heteroatoms. The van der Waals surface area contributed by atoms with Crippen LogP contribution in [0.3, 0.4) is 0 Å². The second-order valence-electron chi connectivity index (χ2n) is 8.53. The number of thiophene rings is 1. The van der Waals surface area contributed by atoms with Crippen LogP contribution in [-0.4, -0.2) is 57.1 Å². The van der Waals surface area contributed by atoms with Gasteiger partial charge in [0.25, 0.3) is 5.92 Å². The number of nitrogens with zero attached hydrogens (tertiary/aromatic N) is 4. The number of aryl methyl sites for hydroxylation is 1. The lowest BCUT2D eigenvalue weighted by atomic mass is 9.86. The van der Waals surface area contributed by atoms with Gasteiger partial charge in [-0.1, -0.05) is 0 Å². The summed E-state index contributed by atoms with van der Waals surface area (Å²) < 4.78 is 32.0. The van der Waals surface area contributed by atoms with Gasteiger partial charge in [-0.05, 0) is 30.9 Å². The molecule has 0 bridgehead atoms. The molecule has 4 aromatic rings. The first kappa shape index (κ1) is 20.3. The third kappa shape index (κ3) is 3.38. The van der Waals surface area contributed by atoms with Crippen LogP contribution in [0.25, 0.3) is 21.1 Å². The molecule has 2 aliphatic rings. The summed E-state index contributed by atoms with van der Waals surface area (Å²) in [5.74, 6) is -1.87.